The third-order valence-electron chi connectivity index (χ3n) is 5.00. The Morgan fingerprint density at radius 1 is 1.07 bits per heavy atom. The number of para-hydroxylation sites is 1. The SMILES string of the molecule is CCCN(CC(=O)Nc1ccccc1C)C(=O)CN(C)C(C)c1ccccc1Cl. The summed E-state index contributed by atoms with van der Waals surface area (Å²) in [5.74, 6) is -0.268. The number of anilines is 1. The predicted octanol–water partition coefficient (Wildman–Crippen LogP) is 4.52. The first-order chi connectivity index (χ1) is 13.8. The van der Waals surface area contributed by atoms with Crippen molar-refractivity contribution >= 4 is 29.1 Å². The van der Waals surface area contributed by atoms with Gasteiger partial charge in [0.1, 0.15) is 0 Å². The van der Waals surface area contributed by atoms with Crippen LogP contribution in [-0.4, -0.2) is 48.3 Å². The summed E-state index contributed by atoms with van der Waals surface area (Å²) >= 11 is 6.30. The van der Waals surface area contributed by atoms with Crippen molar-refractivity contribution in [2.45, 2.75) is 33.2 Å². The lowest BCUT2D eigenvalue weighted by Gasteiger charge is -2.29. The Kier molecular flexibility index (Phi) is 8.68. The lowest BCUT2D eigenvalue weighted by molar-refractivity contribution is -0.135. The zero-order chi connectivity index (χ0) is 21.4. The summed E-state index contributed by atoms with van der Waals surface area (Å²) in [4.78, 5) is 29.0. The Morgan fingerprint density at radius 2 is 1.72 bits per heavy atom. The number of nitrogens with one attached hydrogen (secondary N) is 1. The first kappa shape index (κ1) is 22.9. The summed E-state index contributed by atoms with van der Waals surface area (Å²) in [5.41, 5.74) is 2.73. The fourth-order valence-corrected chi connectivity index (χ4v) is 3.43. The molecule has 0 aromatic heterocycles. The lowest BCUT2D eigenvalue weighted by atomic mass is 10.1. The van der Waals surface area contributed by atoms with E-state index in [0.717, 1.165) is 23.2 Å². The van der Waals surface area contributed by atoms with E-state index in [9.17, 15) is 9.59 Å². The number of carbonyl (C=O) groups is 2. The van der Waals surface area contributed by atoms with Crippen LogP contribution in [0.3, 0.4) is 0 Å². The van der Waals surface area contributed by atoms with Crippen LogP contribution in [0.25, 0.3) is 0 Å². The van der Waals surface area contributed by atoms with Crippen molar-refractivity contribution in [1.82, 2.24) is 9.80 Å². The number of halogens is 1. The first-order valence-electron chi connectivity index (χ1n) is 9.91. The Labute approximate surface area is 178 Å². The molecule has 156 valence electrons. The number of aryl methyl sites for hydroxylation is 1. The molecule has 29 heavy (non-hydrogen) atoms. The highest BCUT2D eigenvalue weighted by molar-refractivity contribution is 6.31. The van der Waals surface area contributed by atoms with E-state index < -0.39 is 0 Å². The van der Waals surface area contributed by atoms with Gasteiger partial charge in [-0.2, -0.15) is 0 Å². The fourth-order valence-electron chi connectivity index (χ4n) is 3.14. The maximum absolute atomic E-state index is 12.9. The van der Waals surface area contributed by atoms with Crippen LogP contribution in [0.4, 0.5) is 5.69 Å². The average molecular weight is 416 g/mol. The molecule has 2 rings (SSSR count). The first-order valence-corrected chi connectivity index (χ1v) is 10.3. The van der Waals surface area contributed by atoms with Gasteiger partial charge in [0.15, 0.2) is 0 Å². The van der Waals surface area contributed by atoms with Gasteiger partial charge in [0.25, 0.3) is 0 Å². The summed E-state index contributed by atoms with van der Waals surface area (Å²) < 4.78 is 0. The second kappa shape index (κ2) is 11.0. The minimum Gasteiger partial charge on any atom is -0.332 e. The van der Waals surface area contributed by atoms with Crippen molar-refractivity contribution in [1.29, 1.82) is 0 Å². The Balaban J connectivity index is 2.00. The lowest BCUT2D eigenvalue weighted by Crippen LogP contribution is -2.43. The fraction of sp³-hybridized carbons (Fsp3) is 0.391. The summed E-state index contributed by atoms with van der Waals surface area (Å²) in [6.07, 6.45) is 0.785. The van der Waals surface area contributed by atoms with E-state index in [-0.39, 0.29) is 30.9 Å². The van der Waals surface area contributed by atoms with Crippen LogP contribution in [0.15, 0.2) is 48.5 Å². The molecule has 0 spiro atoms. The Morgan fingerprint density at radius 3 is 2.38 bits per heavy atom. The molecule has 2 aromatic carbocycles. The number of benzene rings is 2. The van der Waals surface area contributed by atoms with Crippen molar-refractivity contribution in [3.8, 4) is 0 Å². The summed E-state index contributed by atoms with van der Waals surface area (Å²) in [5, 5.41) is 3.58. The van der Waals surface area contributed by atoms with Crippen LogP contribution in [0.1, 0.15) is 37.4 Å². The highest BCUT2D eigenvalue weighted by atomic mass is 35.5. The molecule has 0 bridgehead atoms. The molecule has 0 radical (unpaired) electrons. The molecule has 0 saturated carbocycles. The van der Waals surface area contributed by atoms with E-state index in [1.54, 1.807) is 4.90 Å². The van der Waals surface area contributed by atoms with Gasteiger partial charge in [-0.05, 0) is 50.6 Å². The third-order valence-corrected chi connectivity index (χ3v) is 5.35. The summed E-state index contributed by atoms with van der Waals surface area (Å²) in [6.45, 7) is 6.74. The largest absolute Gasteiger partial charge is 0.332 e. The normalized spacial score (nSPS) is 11.9. The third kappa shape index (κ3) is 6.58. The molecule has 5 nitrogen and oxygen atoms in total. The maximum atomic E-state index is 12.9. The smallest absolute Gasteiger partial charge is 0.244 e. The number of hydrogen-bond donors (Lipinski definition) is 1. The van der Waals surface area contributed by atoms with Crippen LogP contribution < -0.4 is 5.32 Å². The van der Waals surface area contributed by atoms with E-state index in [2.05, 4.69) is 5.32 Å². The summed E-state index contributed by atoms with van der Waals surface area (Å²) in [6, 6.07) is 15.2. The van der Waals surface area contributed by atoms with E-state index in [4.69, 9.17) is 11.6 Å². The van der Waals surface area contributed by atoms with Gasteiger partial charge in [-0.15, -0.1) is 0 Å². The number of nitrogens with zero attached hydrogens (tertiary/aromatic N) is 2. The quantitative estimate of drug-likeness (QED) is 0.655. The maximum Gasteiger partial charge on any atom is 0.244 e. The van der Waals surface area contributed by atoms with Crippen LogP contribution in [-0.2, 0) is 9.59 Å². The molecule has 2 aromatic rings. The molecule has 0 fully saturated rings. The predicted molar refractivity (Wildman–Crippen MR) is 119 cm³/mol. The molecule has 0 heterocycles. The van der Waals surface area contributed by atoms with Crippen LogP contribution in [0.5, 0.6) is 0 Å². The van der Waals surface area contributed by atoms with Gasteiger partial charge in [0.2, 0.25) is 11.8 Å². The van der Waals surface area contributed by atoms with Gasteiger partial charge in [0, 0.05) is 23.3 Å². The second-order valence-electron chi connectivity index (χ2n) is 7.29. The zero-order valence-electron chi connectivity index (χ0n) is 17.6. The summed E-state index contributed by atoms with van der Waals surface area (Å²) in [7, 11) is 1.89. The highest BCUT2D eigenvalue weighted by Gasteiger charge is 2.22. The Hall–Kier alpha value is -2.37. The zero-order valence-corrected chi connectivity index (χ0v) is 18.4. The van der Waals surface area contributed by atoms with Gasteiger partial charge in [-0.1, -0.05) is 54.9 Å². The van der Waals surface area contributed by atoms with Crippen molar-refractivity contribution in [2.75, 3.05) is 32.0 Å². The van der Waals surface area contributed by atoms with Crippen LogP contribution >= 0.6 is 11.6 Å². The topological polar surface area (TPSA) is 52.7 Å². The molecule has 0 aliphatic heterocycles. The van der Waals surface area contributed by atoms with Crippen LogP contribution in [0.2, 0.25) is 5.02 Å². The second-order valence-corrected chi connectivity index (χ2v) is 7.70. The monoisotopic (exact) mass is 415 g/mol. The molecule has 0 saturated heterocycles. The van der Waals surface area contributed by atoms with Gasteiger partial charge in [-0.3, -0.25) is 14.5 Å². The number of rotatable bonds is 9. The molecule has 6 heteroatoms. The average Bonchev–Trinajstić information content (AvgIpc) is 2.69. The van der Waals surface area contributed by atoms with E-state index in [1.807, 2.05) is 81.2 Å². The molecular formula is C23H30ClN3O2. The molecule has 1 N–H and O–H groups in total. The van der Waals surface area contributed by atoms with Gasteiger partial charge in [-0.25, -0.2) is 0 Å². The molecule has 1 atom stereocenters. The van der Waals surface area contributed by atoms with Gasteiger partial charge in [0.05, 0.1) is 13.1 Å². The molecular weight excluding hydrogens is 386 g/mol. The van der Waals surface area contributed by atoms with E-state index in [0.29, 0.717) is 11.6 Å². The molecule has 1 unspecified atom stereocenters. The molecule has 2 amide bonds. The highest BCUT2D eigenvalue weighted by Crippen LogP contribution is 2.26. The molecule has 0 aliphatic carbocycles. The van der Waals surface area contributed by atoms with Crippen LogP contribution in [0, 0.1) is 6.92 Å². The van der Waals surface area contributed by atoms with Crippen molar-refractivity contribution in [2.24, 2.45) is 0 Å². The number of hydrogen-bond acceptors (Lipinski definition) is 3. The number of amides is 2. The van der Waals surface area contributed by atoms with Crippen molar-refractivity contribution in [3.63, 3.8) is 0 Å². The van der Waals surface area contributed by atoms with Crippen molar-refractivity contribution in [3.05, 3.63) is 64.7 Å². The van der Waals surface area contributed by atoms with E-state index >= 15 is 0 Å². The van der Waals surface area contributed by atoms with Gasteiger partial charge >= 0.3 is 0 Å². The van der Waals surface area contributed by atoms with Crippen molar-refractivity contribution < 1.29 is 9.59 Å². The minimum atomic E-state index is -0.192. The Bertz CT molecular complexity index is 840. The molecule has 0 aliphatic rings. The number of likely N-dealkylation sites (N-methyl/N-ethyl adjacent to an activating group) is 1. The van der Waals surface area contributed by atoms with E-state index in [1.165, 1.54) is 0 Å². The number of carbonyl (C=O) groups excluding carboxylic acids is 2. The standard InChI is InChI=1S/C23H30ClN3O2/c1-5-14-27(15-22(28)25-21-13-9-6-10-17(21)2)23(29)16-26(4)18(3)19-11-7-8-12-20(19)24/h6-13,18H,5,14-16H2,1-4H3,(H,25,28). The van der Waals surface area contributed by atoms with Gasteiger partial charge < -0.3 is 10.2 Å². The minimum absolute atomic E-state index is 0.0167.